The molecule has 4 rings (SSSR count). The van der Waals surface area contributed by atoms with Crippen LogP contribution in [0.4, 0.5) is 5.69 Å². The van der Waals surface area contributed by atoms with Crippen molar-refractivity contribution in [3.63, 3.8) is 0 Å². The molecule has 0 bridgehead atoms. The van der Waals surface area contributed by atoms with Crippen molar-refractivity contribution in [1.82, 2.24) is 23.9 Å². The summed E-state index contributed by atoms with van der Waals surface area (Å²) in [5, 5.41) is 7.56. The number of amides is 1. The van der Waals surface area contributed by atoms with E-state index in [1.807, 2.05) is 37.3 Å². The number of nitrogens with zero attached hydrogens (tertiary/aromatic N) is 5. The lowest BCUT2D eigenvalue weighted by molar-refractivity contribution is 0.102. The van der Waals surface area contributed by atoms with E-state index in [0.29, 0.717) is 23.5 Å². The van der Waals surface area contributed by atoms with Crippen LogP contribution in [0.25, 0.3) is 11.0 Å². The monoisotopic (exact) mass is 418 g/mol. The number of nitrogens with one attached hydrogen (secondary N) is 1. The van der Waals surface area contributed by atoms with Crippen molar-refractivity contribution in [1.29, 1.82) is 0 Å². The molecule has 0 radical (unpaired) electrons. The highest BCUT2D eigenvalue weighted by Gasteiger charge is 2.20. The SMILES string of the molecule is Cc1nn(Cc2ccccc2)c(C)c1C(=O)Nc1cnc2c(c1)c(=O)n(C)c(=O)n2C. The zero-order valence-electron chi connectivity index (χ0n) is 17.7. The van der Waals surface area contributed by atoms with Crippen molar-refractivity contribution in [3.05, 3.63) is 85.9 Å². The van der Waals surface area contributed by atoms with Gasteiger partial charge in [-0.3, -0.25) is 23.4 Å². The summed E-state index contributed by atoms with van der Waals surface area (Å²) in [7, 11) is 2.95. The third-order valence-electron chi connectivity index (χ3n) is 5.33. The summed E-state index contributed by atoms with van der Waals surface area (Å²) in [4.78, 5) is 41.8. The van der Waals surface area contributed by atoms with E-state index in [1.165, 1.54) is 23.9 Å². The van der Waals surface area contributed by atoms with Crippen molar-refractivity contribution < 1.29 is 4.79 Å². The summed E-state index contributed by atoms with van der Waals surface area (Å²) in [6.07, 6.45) is 1.43. The smallest absolute Gasteiger partial charge is 0.320 e. The average molecular weight is 418 g/mol. The number of hydrogen-bond donors (Lipinski definition) is 1. The highest BCUT2D eigenvalue weighted by Crippen LogP contribution is 2.18. The second-order valence-electron chi connectivity index (χ2n) is 7.44. The van der Waals surface area contributed by atoms with Gasteiger partial charge in [-0.1, -0.05) is 30.3 Å². The van der Waals surface area contributed by atoms with Gasteiger partial charge < -0.3 is 5.32 Å². The summed E-state index contributed by atoms with van der Waals surface area (Å²) in [5.74, 6) is -0.336. The van der Waals surface area contributed by atoms with Gasteiger partial charge >= 0.3 is 5.69 Å². The molecule has 3 aromatic heterocycles. The van der Waals surface area contributed by atoms with E-state index in [4.69, 9.17) is 0 Å². The molecule has 9 nitrogen and oxygen atoms in total. The molecule has 0 unspecified atom stereocenters. The quantitative estimate of drug-likeness (QED) is 0.544. The van der Waals surface area contributed by atoms with Crippen LogP contribution < -0.4 is 16.6 Å². The molecule has 0 atom stereocenters. The van der Waals surface area contributed by atoms with Crippen molar-refractivity contribution in [3.8, 4) is 0 Å². The Morgan fingerprint density at radius 2 is 1.77 bits per heavy atom. The molecule has 0 aliphatic rings. The Morgan fingerprint density at radius 1 is 1.06 bits per heavy atom. The Kier molecular flexibility index (Phi) is 5.02. The van der Waals surface area contributed by atoms with Crippen molar-refractivity contribution in [2.75, 3.05) is 5.32 Å². The van der Waals surface area contributed by atoms with Gasteiger partial charge in [-0.25, -0.2) is 9.78 Å². The van der Waals surface area contributed by atoms with Gasteiger partial charge in [0, 0.05) is 19.8 Å². The van der Waals surface area contributed by atoms with Gasteiger partial charge in [-0.2, -0.15) is 5.10 Å². The average Bonchev–Trinajstić information content (AvgIpc) is 3.04. The minimum atomic E-state index is -0.468. The molecule has 0 aliphatic carbocycles. The Hall–Kier alpha value is -4.01. The van der Waals surface area contributed by atoms with Crippen LogP contribution >= 0.6 is 0 Å². The van der Waals surface area contributed by atoms with Crippen LogP contribution in [0.3, 0.4) is 0 Å². The number of aromatic nitrogens is 5. The second kappa shape index (κ2) is 7.67. The first-order valence-electron chi connectivity index (χ1n) is 9.73. The minimum absolute atomic E-state index is 0.246. The molecule has 0 saturated carbocycles. The molecule has 31 heavy (non-hydrogen) atoms. The molecular formula is C22H22N6O3. The van der Waals surface area contributed by atoms with Crippen LogP contribution in [0.15, 0.2) is 52.2 Å². The van der Waals surface area contributed by atoms with Crippen LogP contribution in [0.1, 0.15) is 27.3 Å². The maximum absolute atomic E-state index is 13.0. The van der Waals surface area contributed by atoms with E-state index in [1.54, 1.807) is 18.7 Å². The van der Waals surface area contributed by atoms with Gasteiger partial charge in [-0.05, 0) is 25.5 Å². The van der Waals surface area contributed by atoms with Crippen molar-refractivity contribution in [2.45, 2.75) is 20.4 Å². The molecule has 1 aromatic carbocycles. The van der Waals surface area contributed by atoms with E-state index in [2.05, 4.69) is 15.4 Å². The van der Waals surface area contributed by atoms with E-state index < -0.39 is 11.2 Å². The maximum atomic E-state index is 13.0. The van der Waals surface area contributed by atoms with Crippen LogP contribution in [0.2, 0.25) is 0 Å². The van der Waals surface area contributed by atoms with Crippen LogP contribution in [-0.4, -0.2) is 29.8 Å². The molecule has 9 heteroatoms. The largest absolute Gasteiger partial charge is 0.332 e. The lowest BCUT2D eigenvalue weighted by Crippen LogP contribution is -2.37. The van der Waals surface area contributed by atoms with Gasteiger partial charge in [0.2, 0.25) is 0 Å². The van der Waals surface area contributed by atoms with Gasteiger partial charge in [0.05, 0.1) is 35.1 Å². The number of aryl methyl sites for hydroxylation is 2. The summed E-state index contributed by atoms with van der Waals surface area (Å²) in [6, 6.07) is 11.4. The second-order valence-corrected chi connectivity index (χ2v) is 7.44. The van der Waals surface area contributed by atoms with Gasteiger partial charge in [0.15, 0.2) is 0 Å². The molecule has 0 aliphatic heterocycles. The lowest BCUT2D eigenvalue weighted by atomic mass is 10.1. The fourth-order valence-electron chi connectivity index (χ4n) is 3.66. The van der Waals surface area contributed by atoms with Gasteiger partial charge in [0.25, 0.3) is 11.5 Å². The maximum Gasteiger partial charge on any atom is 0.332 e. The zero-order chi connectivity index (χ0) is 22.3. The number of carbonyl (C=O) groups is 1. The van der Waals surface area contributed by atoms with Crippen molar-refractivity contribution >= 4 is 22.6 Å². The summed E-state index contributed by atoms with van der Waals surface area (Å²) in [6.45, 7) is 4.19. The number of fused-ring (bicyclic) bond motifs is 1. The highest BCUT2D eigenvalue weighted by atomic mass is 16.2. The molecule has 158 valence electrons. The Labute approximate surface area is 177 Å². The summed E-state index contributed by atoms with van der Waals surface area (Å²) >= 11 is 0. The fourth-order valence-corrected chi connectivity index (χ4v) is 3.66. The normalized spacial score (nSPS) is 11.1. The highest BCUT2D eigenvalue weighted by molar-refractivity contribution is 6.06. The molecule has 0 saturated heterocycles. The van der Waals surface area contributed by atoms with Crippen LogP contribution in [-0.2, 0) is 20.6 Å². The molecule has 3 heterocycles. The number of hydrogen-bond acceptors (Lipinski definition) is 5. The van der Waals surface area contributed by atoms with E-state index >= 15 is 0 Å². The van der Waals surface area contributed by atoms with Gasteiger partial charge in [-0.15, -0.1) is 0 Å². The third-order valence-corrected chi connectivity index (χ3v) is 5.33. The Bertz CT molecular complexity index is 1430. The standard InChI is InChI=1S/C22H22N6O3/c1-13-18(14(2)28(25-13)12-15-8-6-5-7-9-15)20(29)24-16-10-17-19(23-11-16)26(3)22(31)27(4)21(17)30/h5-11H,12H2,1-4H3,(H,24,29). The van der Waals surface area contributed by atoms with E-state index in [0.717, 1.165) is 15.8 Å². The van der Waals surface area contributed by atoms with E-state index in [-0.39, 0.29) is 16.9 Å². The minimum Gasteiger partial charge on any atom is -0.320 e. The summed E-state index contributed by atoms with van der Waals surface area (Å²) < 4.78 is 4.10. The first-order valence-corrected chi connectivity index (χ1v) is 9.73. The first kappa shape index (κ1) is 20.3. The molecule has 1 N–H and O–H groups in total. The molecule has 1 amide bonds. The van der Waals surface area contributed by atoms with Gasteiger partial charge in [0.1, 0.15) is 5.65 Å². The fraction of sp³-hybridized carbons (Fsp3) is 0.227. The number of carbonyl (C=O) groups excluding carboxylic acids is 1. The van der Waals surface area contributed by atoms with E-state index in [9.17, 15) is 14.4 Å². The molecule has 0 spiro atoms. The Balaban J connectivity index is 1.66. The predicted octanol–water partition coefficient (Wildman–Crippen LogP) is 1.75. The van der Waals surface area contributed by atoms with Crippen LogP contribution in [0, 0.1) is 13.8 Å². The van der Waals surface area contributed by atoms with Crippen LogP contribution in [0.5, 0.6) is 0 Å². The molecule has 4 aromatic rings. The van der Waals surface area contributed by atoms with Crippen molar-refractivity contribution in [2.24, 2.45) is 14.1 Å². The lowest BCUT2D eigenvalue weighted by Gasteiger charge is -2.10. The summed E-state index contributed by atoms with van der Waals surface area (Å²) in [5.41, 5.74) is 2.61. The number of rotatable bonds is 4. The molecular weight excluding hydrogens is 396 g/mol. The number of anilines is 1. The topological polar surface area (TPSA) is 104 Å². The Morgan fingerprint density at radius 3 is 2.48 bits per heavy atom. The third kappa shape index (κ3) is 3.54. The number of pyridine rings is 1. The zero-order valence-corrected chi connectivity index (χ0v) is 17.7. The number of benzene rings is 1. The predicted molar refractivity (Wildman–Crippen MR) is 117 cm³/mol. The molecule has 0 fully saturated rings. The first-order chi connectivity index (χ1) is 14.8.